The number of ether oxygens (including phenoxy) is 1. The average Bonchev–Trinajstić information content (AvgIpc) is 3.21. The fourth-order valence-electron chi connectivity index (χ4n) is 3.72. The highest BCUT2D eigenvalue weighted by Gasteiger charge is 2.21. The highest BCUT2D eigenvalue weighted by molar-refractivity contribution is 5.78. The SMILES string of the molecule is COc1cc(-c2cnc(-c3nc(Cc4c(F)ccc(F)c4F)n4cc(F)ccc34)nc2N)ccn1. The smallest absolute Gasteiger partial charge is 0.213 e. The van der Waals surface area contributed by atoms with Crippen molar-refractivity contribution in [3.05, 3.63) is 89.6 Å². The van der Waals surface area contributed by atoms with E-state index in [1.807, 2.05) is 0 Å². The second-order valence-corrected chi connectivity index (χ2v) is 7.56. The zero-order valence-electron chi connectivity index (χ0n) is 18.1. The number of nitrogen functional groups attached to an aromatic ring is 1. The third-order valence-corrected chi connectivity index (χ3v) is 5.43. The fourth-order valence-corrected chi connectivity index (χ4v) is 3.72. The topological polar surface area (TPSA) is 91.2 Å². The van der Waals surface area contributed by atoms with Crippen molar-refractivity contribution in [1.29, 1.82) is 0 Å². The number of nitrogens with two attached hydrogens (primary N) is 1. The van der Waals surface area contributed by atoms with Crippen molar-refractivity contribution in [3.63, 3.8) is 0 Å². The maximum absolute atomic E-state index is 14.3. The number of rotatable bonds is 5. The van der Waals surface area contributed by atoms with Gasteiger partial charge in [0.05, 0.1) is 12.6 Å². The van der Waals surface area contributed by atoms with E-state index in [9.17, 15) is 17.6 Å². The van der Waals surface area contributed by atoms with Gasteiger partial charge in [0.1, 0.15) is 29.0 Å². The second kappa shape index (κ2) is 8.67. The number of pyridine rings is 2. The zero-order valence-corrected chi connectivity index (χ0v) is 18.1. The number of fused-ring (bicyclic) bond motifs is 1. The Morgan fingerprint density at radius 2 is 1.77 bits per heavy atom. The van der Waals surface area contributed by atoms with Gasteiger partial charge in [-0.3, -0.25) is 4.40 Å². The predicted octanol–water partition coefficient (Wildman–Crippen LogP) is 4.59. The van der Waals surface area contributed by atoms with Crippen LogP contribution in [0.4, 0.5) is 23.4 Å². The van der Waals surface area contributed by atoms with Crippen LogP contribution in [-0.4, -0.2) is 31.4 Å². The van der Waals surface area contributed by atoms with E-state index in [4.69, 9.17) is 10.5 Å². The Hall–Kier alpha value is -4.54. The molecule has 0 aliphatic rings. The van der Waals surface area contributed by atoms with Crippen LogP contribution in [0.1, 0.15) is 11.4 Å². The standard InChI is InChI=1S/C24H16F4N6O/c1-35-20-8-12(6-7-30-20)15-10-31-24(33-23(15)29)22-18-5-2-13(25)11-34(18)19(32-22)9-14-16(26)3-4-17(27)21(14)28/h2-8,10-11H,9H2,1H3,(H2,29,31,33). The van der Waals surface area contributed by atoms with E-state index < -0.39 is 35.3 Å². The maximum atomic E-state index is 14.3. The van der Waals surface area contributed by atoms with Gasteiger partial charge in [-0.1, -0.05) is 0 Å². The summed E-state index contributed by atoms with van der Waals surface area (Å²) in [5.41, 5.74) is 7.44. The molecule has 0 aliphatic carbocycles. The number of anilines is 1. The number of imidazole rings is 1. The summed E-state index contributed by atoms with van der Waals surface area (Å²) >= 11 is 0. The van der Waals surface area contributed by atoms with Crippen LogP contribution in [0.2, 0.25) is 0 Å². The minimum atomic E-state index is -1.34. The van der Waals surface area contributed by atoms with Crippen molar-refractivity contribution < 1.29 is 22.3 Å². The Balaban J connectivity index is 1.61. The second-order valence-electron chi connectivity index (χ2n) is 7.56. The number of aromatic nitrogens is 5. The molecule has 0 saturated carbocycles. The number of hydrogen-bond acceptors (Lipinski definition) is 6. The Labute approximate surface area is 195 Å². The molecule has 0 atom stereocenters. The number of methoxy groups -OCH3 is 1. The van der Waals surface area contributed by atoms with Crippen molar-refractivity contribution in [2.24, 2.45) is 0 Å². The van der Waals surface area contributed by atoms with Crippen molar-refractivity contribution >= 4 is 11.3 Å². The number of hydrogen-bond donors (Lipinski definition) is 1. The maximum Gasteiger partial charge on any atom is 0.213 e. The first kappa shape index (κ1) is 22.3. The fraction of sp³-hybridized carbons (Fsp3) is 0.0833. The lowest BCUT2D eigenvalue weighted by atomic mass is 10.1. The predicted molar refractivity (Wildman–Crippen MR) is 119 cm³/mol. The van der Waals surface area contributed by atoms with Crippen LogP contribution in [0.15, 0.2) is 55.0 Å². The van der Waals surface area contributed by atoms with Crippen LogP contribution in [-0.2, 0) is 6.42 Å². The molecule has 0 fully saturated rings. The molecular formula is C24H16F4N6O. The molecule has 5 rings (SSSR count). The number of benzene rings is 1. The monoisotopic (exact) mass is 480 g/mol. The summed E-state index contributed by atoms with van der Waals surface area (Å²) in [7, 11) is 1.49. The third-order valence-electron chi connectivity index (χ3n) is 5.43. The summed E-state index contributed by atoms with van der Waals surface area (Å²) in [6.45, 7) is 0. The van der Waals surface area contributed by atoms with Crippen LogP contribution in [0.5, 0.6) is 5.88 Å². The van der Waals surface area contributed by atoms with Gasteiger partial charge in [-0.2, -0.15) is 0 Å². The van der Waals surface area contributed by atoms with Crippen LogP contribution in [0, 0.1) is 23.3 Å². The summed E-state index contributed by atoms with van der Waals surface area (Å²) in [4.78, 5) is 17.2. The van der Waals surface area contributed by atoms with Crippen molar-refractivity contribution in [2.45, 2.75) is 6.42 Å². The molecule has 0 amide bonds. The van der Waals surface area contributed by atoms with Crippen LogP contribution >= 0.6 is 0 Å². The van der Waals surface area contributed by atoms with Gasteiger partial charge in [0.2, 0.25) is 5.88 Å². The minimum absolute atomic E-state index is 0.0584. The first-order valence-corrected chi connectivity index (χ1v) is 10.3. The summed E-state index contributed by atoms with van der Waals surface area (Å²) < 4.78 is 62.7. The first-order valence-electron chi connectivity index (χ1n) is 10.3. The van der Waals surface area contributed by atoms with Crippen LogP contribution in [0.25, 0.3) is 28.2 Å². The van der Waals surface area contributed by atoms with Gasteiger partial charge in [0, 0.05) is 42.2 Å². The van der Waals surface area contributed by atoms with Gasteiger partial charge in [-0.05, 0) is 35.9 Å². The summed E-state index contributed by atoms with van der Waals surface area (Å²) in [5.74, 6) is -3.40. The molecule has 0 bridgehead atoms. The van der Waals surface area contributed by atoms with Gasteiger partial charge in [0.25, 0.3) is 0 Å². The highest BCUT2D eigenvalue weighted by Crippen LogP contribution is 2.30. The van der Waals surface area contributed by atoms with Crippen LogP contribution in [0.3, 0.4) is 0 Å². The van der Waals surface area contributed by atoms with Crippen molar-refractivity contribution in [3.8, 4) is 28.5 Å². The first-order chi connectivity index (χ1) is 16.9. The molecule has 0 saturated heterocycles. The zero-order chi connectivity index (χ0) is 24.7. The summed E-state index contributed by atoms with van der Waals surface area (Å²) in [5, 5.41) is 0. The van der Waals surface area contributed by atoms with Crippen LogP contribution < -0.4 is 10.5 Å². The molecular weight excluding hydrogens is 464 g/mol. The molecule has 35 heavy (non-hydrogen) atoms. The average molecular weight is 480 g/mol. The molecule has 7 nitrogen and oxygen atoms in total. The van der Waals surface area contributed by atoms with E-state index in [2.05, 4.69) is 19.9 Å². The molecule has 0 spiro atoms. The molecule has 11 heteroatoms. The lowest BCUT2D eigenvalue weighted by Crippen LogP contribution is -2.04. The highest BCUT2D eigenvalue weighted by atomic mass is 19.2. The van der Waals surface area contributed by atoms with E-state index in [1.54, 1.807) is 18.3 Å². The Bertz CT molecular complexity index is 1590. The molecule has 176 valence electrons. The molecule has 0 unspecified atom stereocenters. The van der Waals surface area contributed by atoms with E-state index >= 15 is 0 Å². The van der Waals surface area contributed by atoms with E-state index in [0.29, 0.717) is 28.6 Å². The van der Waals surface area contributed by atoms with Gasteiger partial charge in [0.15, 0.2) is 17.5 Å². The Morgan fingerprint density at radius 1 is 0.971 bits per heavy atom. The molecule has 4 heterocycles. The van der Waals surface area contributed by atoms with E-state index in [1.165, 1.54) is 29.8 Å². The molecule has 5 aromatic rings. The molecule has 4 aromatic heterocycles. The minimum Gasteiger partial charge on any atom is -0.481 e. The summed E-state index contributed by atoms with van der Waals surface area (Å²) in [6, 6.07) is 7.53. The van der Waals surface area contributed by atoms with Crippen molar-refractivity contribution in [2.75, 3.05) is 12.8 Å². The normalized spacial score (nSPS) is 11.2. The lowest BCUT2D eigenvalue weighted by molar-refractivity contribution is 0.398. The number of nitrogens with zero attached hydrogens (tertiary/aromatic N) is 5. The van der Waals surface area contributed by atoms with Gasteiger partial charge in [-0.25, -0.2) is 37.5 Å². The Morgan fingerprint density at radius 3 is 2.54 bits per heavy atom. The van der Waals surface area contributed by atoms with Gasteiger partial charge in [-0.15, -0.1) is 0 Å². The molecule has 1 aromatic carbocycles. The number of halogens is 4. The quantitative estimate of drug-likeness (QED) is 0.292. The third kappa shape index (κ3) is 4.01. The van der Waals surface area contributed by atoms with Gasteiger partial charge < -0.3 is 10.5 Å². The van der Waals surface area contributed by atoms with E-state index in [-0.39, 0.29) is 23.2 Å². The van der Waals surface area contributed by atoms with E-state index in [0.717, 1.165) is 12.3 Å². The molecule has 2 N–H and O–H groups in total. The molecule has 0 aliphatic heterocycles. The summed E-state index contributed by atoms with van der Waals surface area (Å²) in [6.07, 6.45) is 3.71. The van der Waals surface area contributed by atoms with Gasteiger partial charge >= 0.3 is 0 Å². The largest absolute Gasteiger partial charge is 0.481 e. The molecule has 0 radical (unpaired) electrons. The van der Waals surface area contributed by atoms with Crippen molar-refractivity contribution in [1.82, 2.24) is 24.3 Å². The Kier molecular flexibility index (Phi) is 5.51. The lowest BCUT2D eigenvalue weighted by Gasteiger charge is -2.07.